The molecule has 0 aliphatic carbocycles. The molecule has 0 radical (unpaired) electrons. The van der Waals surface area contributed by atoms with Crippen molar-refractivity contribution in [1.82, 2.24) is 9.71 Å². The Bertz CT molecular complexity index is 475. The summed E-state index contributed by atoms with van der Waals surface area (Å²) >= 11 is 10.7. The van der Waals surface area contributed by atoms with E-state index in [9.17, 15) is 4.55 Å². The Kier molecular flexibility index (Phi) is 4.35. The summed E-state index contributed by atoms with van der Waals surface area (Å²) in [5, 5.41) is 0.648. The molecule has 106 valence electrons. The molecule has 7 heteroatoms. The zero-order valence-electron chi connectivity index (χ0n) is 11.0. The monoisotopic (exact) mass is 322 g/mol. The minimum absolute atomic E-state index is 0.314. The maximum absolute atomic E-state index is 12.3. The van der Waals surface area contributed by atoms with Crippen LogP contribution in [0.15, 0.2) is 12.1 Å². The topological polar surface area (TPSA) is 57.2 Å². The number of hydrogen-bond donors (Lipinski definition) is 1. The van der Waals surface area contributed by atoms with Gasteiger partial charge in [-0.3, -0.25) is 0 Å². The quantitative estimate of drug-likeness (QED) is 0.686. The van der Waals surface area contributed by atoms with E-state index in [1.54, 1.807) is 12.1 Å². The first-order valence-electron chi connectivity index (χ1n) is 5.85. The fourth-order valence-corrected chi connectivity index (χ4v) is 3.09. The molecule has 0 bridgehead atoms. The van der Waals surface area contributed by atoms with E-state index in [4.69, 9.17) is 27.9 Å². The lowest BCUT2D eigenvalue weighted by Crippen LogP contribution is -2.61. The average Bonchev–Trinajstić information content (AvgIpc) is 2.22. The molecule has 2 heterocycles. The molecule has 1 unspecified atom stereocenters. The van der Waals surface area contributed by atoms with Crippen LogP contribution >= 0.6 is 23.2 Å². The summed E-state index contributed by atoms with van der Waals surface area (Å²) in [5.74, 6) is 0. The second-order valence-electron chi connectivity index (χ2n) is 5.53. The van der Waals surface area contributed by atoms with Gasteiger partial charge < -0.3 is 9.29 Å². The van der Waals surface area contributed by atoms with Crippen LogP contribution in [0.2, 0.25) is 10.3 Å². The van der Waals surface area contributed by atoms with Crippen molar-refractivity contribution in [1.29, 1.82) is 0 Å². The molecule has 0 amide bonds. The first-order valence-corrected chi connectivity index (χ1v) is 7.75. The van der Waals surface area contributed by atoms with Gasteiger partial charge >= 0.3 is 0 Å². The van der Waals surface area contributed by atoms with Crippen LogP contribution in [-0.4, -0.2) is 27.5 Å². The lowest BCUT2D eigenvalue weighted by Gasteiger charge is -2.43. The van der Waals surface area contributed by atoms with Crippen LogP contribution in [0.25, 0.3) is 0 Å². The standard InChI is InChI=1S/C12H16Cl2N2O2S/c1-11(2,3)19(17)16-12(6-18-7-12)8-4-5-9(13)15-10(8)14/h4-5,16H,6-7H2,1-3H3. The molecule has 1 aliphatic rings. The van der Waals surface area contributed by atoms with Crippen molar-refractivity contribution in [3.8, 4) is 0 Å². The molecule has 1 fully saturated rings. The van der Waals surface area contributed by atoms with Gasteiger partial charge in [0.25, 0.3) is 0 Å². The van der Waals surface area contributed by atoms with Gasteiger partial charge in [-0.25, -0.2) is 4.98 Å². The number of halogens is 2. The van der Waals surface area contributed by atoms with E-state index in [-0.39, 0.29) is 4.75 Å². The SMILES string of the molecule is CC(C)(C)[S+]([O-])NC1(c2ccc(Cl)nc2Cl)COC1. The third-order valence-corrected chi connectivity index (χ3v) is 5.06. The third-order valence-electron chi connectivity index (χ3n) is 2.87. The van der Waals surface area contributed by atoms with Gasteiger partial charge in [0.05, 0.1) is 13.2 Å². The summed E-state index contributed by atoms with van der Waals surface area (Å²) < 4.78 is 20.3. The van der Waals surface area contributed by atoms with E-state index in [1.807, 2.05) is 20.8 Å². The van der Waals surface area contributed by atoms with Gasteiger partial charge in [-0.15, -0.1) is 4.72 Å². The van der Waals surface area contributed by atoms with Gasteiger partial charge in [0.15, 0.2) is 0 Å². The molecule has 1 N–H and O–H groups in total. The molecule has 1 aliphatic heterocycles. The Hall–Kier alpha value is -0.0400. The van der Waals surface area contributed by atoms with Crippen LogP contribution in [-0.2, 0) is 21.6 Å². The Morgan fingerprint density at radius 2 is 2.00 bits per heavy atom. The molecule has 1 aromatic rings. The summed E-state index contributed by atoms with van der Waals surface area (Å²) in [6.45, 7) is 6.55. The molecule has 0 saturated carbocycles. The van der Waals surface area contributed by atoms with Crippen molar-refractivity contribution in [2.75, 3.05) is 13.2 Å². The predicted molar refractivity (Wildman–Crippen MR) is 77.8 cm³/mol. The Balaban J connectivity index is 2.28. The van der Waals surface area contributed by atoms with E-state index in [0.717, 1.165) is 5.56 Å². The van der Waals surface area contributed by atoms with Gasteiger partial charge in [0, 0.05) is 16.9 Å². The molecule has 0 aromatic carbocycles. The molecular weight excluding hydrogens is 307 g/mol. The highest BCUT2D eigenvalue weighted by atomic mass is 35.5. The van der Waals surface area contributed by atoms with Gasteiger partial charge in [0.2, 0.25) is 0 Å². The predicted octanol–water partition coefficient (Wildman–Crippen LogP) is 2.67. The van der Waals surface area contributed by atoms with Crippen molar-refractivity contribution in [3.05, 3.63) is 28.0 Å². The van der Waals surface area contributed by atoms with Crippen LogP contribution in [0.3, 0.4) is 0 Å². The summed E-state index contributed by atoms with van der Waals surface area (Å²) in [6.07, 6.45) is 0. The molecule has 0 spiro atoms. The summed E-state index contributed by atoms with van der Waals surface area (Å²) in [5.41, 5.74) is 0.217. The molecule has 4 nitrogen and oxygen atoms in total. The van der Waals surface area contributed by atoms with Crippen LogP contribution in [0.5, 0.6) is 0 Å². The highest BCUT2D eigenvalue weighted by Gasteiger charge is 2.48. The number of pyridine rings is 1. The summed E-state index contributed by atoms with van der Waals surface area (Å²) in [7, 11) is 0. The number of ether oxygens (including phenoxy) is 1. The number of aromatic nitrogens is 1. The Morgan fingerprint density at radius 1 is 1.37 bits per heavy atom. The van der Waals surface area contributed by atoms with Crippen LogP contribution in [0.1, 0.15) is 26.3 Å². The summed E-state index contributed by atoms with van der Waals surface area (Å²) in [6, 6.07) is 3.47. The smallest absolute Gasteiger partial charge is 0.138 e. The largest absolute Gasteiger partial charge is 0.598 e. The van der Waals surface area contributed by atoms with Gasteiger partial charge in [-0.1, -0.05) is 29.3 Å². The van der Waals surface area contributed by atoms with E-state index in [1.165, 1.54) is 0 Å². The van der Waals surface area contributed by atoms with Crippen LogP contribution in [0, 0.1) is 0 Å². The van der Waals surface area contributed by atoms with Crippen molar-refractivity contribution in [2.45, 2.75) is 31.1 Å². The first-order chi connectivity index (χ1) is 8.74. The van der Waals surface area contributed by atoms with E-state index in [2.05, 4.69) is 9.71 Å². The number of nitrogens with zero attached hydrogens (tertiary/aromatic N) is 1. The molecule has 19 heavy (non-hydrogen) atoms. The van der Waals surface area contributed by atoms with Gasteiger partial charge in [-0.2, -0.15) is 0 Å². The summed E-state index contributed by atoms with van der Waals surface area (Å²) in [4.78, 5) is 4.03. The lowest BCUT2D eigenvalue weighted by molar-refractivity contribution is -0.0667. The molecule has 1 aromatic heterocycles. The molecular formula is C12H16Cl2N2O2S. The van der Waals surface area contributed by atoms with Gasteiger partial charge in [-0.05, 0) is 26.8 Å². The molecule has 2 rings (SSSR count). The van der Waals surface area contributed by atoms with E-state index in [0.29, 0.717) is 23.5 Å². The number of rotatable bonds is 3. The second kappa shape index (κ2) is 5.39. The second-order valence-corrected chi connectivity index (χ2v) is 8.24. The highest BCUT2D eigenvalue weighted by molar-refractivity contribution is 7.90. The zero-order valence-corrected chi connectivity index (χ0v) is 13.3. The zero-order chi connectivity index (χ0) is 14.3. The highest BCUT2D eigenvalue weighted by Crippen LogP contribution is 2.36. The maximum atomic E-state index is 12.3. The normalized spacial score (nSPS) is 19.9. The minimum atomic E-state index is -1.22. The van der Waals surface area contributed by atoms with E-state index < -0.39 is 16.9 Å². The fourth-order valence-electron chi connectivity index (χ4n) is 1.68. The Labute approximate surface area is 126 Å². The fraction of sp³-hybridized carbons (Fsp3) is 0.583. The van der Waals surface area contributed by atoms with Crippen molar-refractivity contribution < 1.29 is 9.29 Å². The maximum Gasteiger partial charge on any atom is 0.138 e. The molecule has 1 saturated heterocycles. The lowest BCUT2D eigenvalue weighted by atomic mass is 9.90. The van der Waals surface area contributed by atoms with Crippen LogP contribution in [0.4, 0.5) is 0 Å². The van der Waals surface area contributed by atoms with Gasteiger partial charge in [0.1, 0.15) is 20.6 Å². The Morgan fingerprint density at radius 3 is 2.42 bits per heavy atom. The first kappa shape index (κ1) is 15.4. The number of hydrogen-bond acceptors (Lipinski definition) is 4. The van der Waals surface area contributed by atoms with Crippen LogP contribution < -0.4 is 4.72 Å². The van der Waals surface area contributed by atoms with Crippen molar-refractivity contribution in [3.63, 3.8) is 0 Å². The molecule has 1 atom stereocenters. The average molecular weight is 323 g/mol. The third kappa shape index (κ3) is 3.17. The van der Waals surface area contributed by atoms with Crippen molar-refractivity contribution in [2.24, 2.45) is 0 Å². The number of nitrogens with one attached hydrogen (secondary N) is 1. The van der Waals surface area contributed by atoms with Crippen molar-refractivity contribution >= 4 is 34.6 Å². The minimum Gasteiger partial charge on any atom is -0.598 e. The van der Waals surface area contributed by atoms with E-state index >= 15 is 0 Å².